The van der Waals surface area contributed by atoms with Gasteiger partial charge < -0.3 is 14.3 Å². The number of halogens is 1. The molecule has 1 heterocycles. The fourth-order valence-corrected chi connectivity index (χ4v) is 1.47. The van der Waals surface area contributed by atoms with Crippen LogP contribution >= 0.6 is 22.6 Å². The van der Waals surface area contributed by atoms with Crippen LogP contribution in [0.2, 0.25) is 0 Å². The minimum Gasteiger partial charge on any atom is -0.475 e. The van der Waals surface area contributed by atoms with Crippen molar-refractivity contribution in [2.45, 2.75) is 0 Å². The molecular weight excluding hydrogens is 323 g/mol. The zero-order chi connectivity index (χ0) is 11.5. The van der Waals surface area contributed by atoms with Crippen molar-refractivity contribution in [3.05, 3.63) is 45.7 Å². The van der Waals surface area contributed by atoms with E-state index in [1.807, 2.05) is 12.1 Å². The molecule has 0 unspecified atom stereocenters. The highest BCUT2D eigenvalue weighted by molar-refractivity contribution is 14.1. The molecule has 0 saturated heterocycles. The lowest BCUT2D eigenvalue weighted by molar-refractivity contribution is 0.0657. The molecule has 0 radical (unpaired) electrons. The monoisotopic (exact) mass is 330 g/mol. The first kappa shape index (κ1) is 11.0. The summed E-state index contributed by atoms with van der Waals surface area (Å²) in [6.07, 6.45) is 0. The molecule has 0 spiro atoms. The van der Waals surface area contributed by atoms with Gasteiger partial charge in [0.2, 0.25) is 5.76 Å². The van der Waals surface area contributed by atoms with E-state index < -0.39 is 5.97 Å². The van der Waals surface area contributed by atoms with E-state index in [-0.39, 0.29) is 11.7 Å². The topological polar surface area (TPSA) is 59.7 Å². The summed E-state index contributed by atoms with van der Waals surface area (Å²) in [5, 5.41) is 8.65. The summed E-state index contributed by atoms with van der Waals surface area (Å²) in [6.45, 7) is 0. The molecule has 16 heavy (non-hydrogen) atoms. The molecule has 0 saturated carbocycles. The Hall–Kier alpha value is -1.50. The fourth-order valence-electron chi connectivity index (χ4n) is 1.11. The molecule has 0 aliphatic carbocycles. The van der Waals surface area contributed by atoms with Gasteiger partial charge in [-0.15, -0.1) is 0 Å². The standard InChI is InChI=1S/C11H7IO4/c12-7-1-3-8(4-2-7)15-10-6-5-9(16-10)11(13)14/h1-6H,(H,13,14). The van der Waals surface area contributed by atoms with Crippen molar-refractivity contribution in [2.75, 3.05) is 0 Å². The van der Waals surface area contributed by atoms with Gasteiger partial charge in [-0.1, -0.05) is 0 Å². The average molecular weight is 330 g/mol. The molecule has 82 valence electrons. The Bertz CT molecular complexity index is 501. The Morgan fingerprint density at radius 1 is 1.19 bits per heavy atom. The second kappa shape index (κ2) is 4.56. The minimum absolute atomic E-state index is 0.138. The van der Waals surface area contributed by atoms with Gasteiger partial charge in [0.15, 0.2) is 0 Å². The Balaban J connectivity index is 2.14. The lowest BCUT2D eigenvalue weighted by Gasteiger charge is -2.00. The number of furan rings is 1. The molecule has 0 fully saturated rings. The van der Waals surface area contributed by atoms with Crippen molar-refractivity contribution in [1.29, 1.82) is 0 Å². The highest BCUT2D eigenvalue weighted by Gasteiger charge is 2.09. The van der Waals surface area contributed by atoms with Crippen LogP contribution in [-0.4, -0.2) is 11.1 Å². The van der Waals surface area contributed by atoms with Crippen LogP contribution in [0.1, 0.15) is 10.6 Å². The van der Waals surface area contributed by atoms with E-state index >= 15 is 0 Å². The van der Waals surface area contributed by atoms with E-state index in [0.717, 1.165) is 3.57 Å². The first-order chi connectivity index (χ1) is 7.65. The van der Waals surface area contributed by atoms with E-state index in [0.29, 0.717) is 5.75 Å². The van der Waals surface area contributed by atoms with E-state index in [2.05, 4.69) is 22.6 Å². The average Bonchev–Trinajstić information content (AvgIpc) is 2.70. The minimum atomic E-state index is -1.11. The molecule has 0 atom stereocenters. The molecular formula is C11H7IO4. The largest absolute Gasteiger partial charge is 0.475 e. The first-order valence-corrected chi connectivity index (χ1v) is 5.49. The number of ether oxygens (including phenoxy) is 1. The second-order valence-corrected chi connectivity index (χ2v) is 4.23. The van der Waals surface area contributed by atoms with Crippen LogP contribution in [0.3, 0.4) is 0 Å². The summed E-state index contributed by atoms with van der Waals surface area (Å²) in [5.41, 5.74) is 0. The molecule has 2 rings (SSSR count). The van der Waals surface area contributed by atoms with Crippen LogP contribution in [-0.2, 0) is 0 Å². The first-order valence-electron chi connectivity index (χ1n) is 4.42. The van der Waals surface area contributed by atoms with Crippen LogP contribution in [0.15, 0.2) is 40.8 Å². The van der Waals surface area contributed by atoms with Crippen LogP contribution in [0.25, 0.3) is 0 Å². The number of carboxylic acids is 1. The van der Waals surface area contributed by atoms with Crippen LogP contribution in [0, 0.1) is 3.57 Å². The van der Waals surface area contributed by atoms with Gasteiger partial charge in [-0.3, -0.25) is 0 Å². The summed E-state index contributed by atoms with van der Waals surface area (Å²) < 4.78 is 11.4. The van der Waals surface area contributed by atoms with Gasteiger partial charge in [-0.05, 0) is 52.9 Å². The summed E-state index contributed by atoms with van der Waals surface area (Å²) in [7, 11) is 0. The van der Waals surface area contributed by atoms with Crippen LogP contribution in [0.5, 0.6) is 11.7 Å². The Morgan fingerprint density at radius 3 is 2.44 bits per heavy atom. The number of benzene rings is 1. The van der Waals surface area contributed by atoms with Gasteiger partial charge in [-0.25, -0.2) is 4.79 Å². The highest BCUT2D eigenvalue weighted by Crippen LogP contribution is 2.24. The van der Waals surface area contributed by atoms with E-state index in [9.17, 15) is 4.79 Å². The van der Waals surface area contributed by atoms with Crippen LogP contribution in [0.4, 0.5) is 0 Å². The fraction of sp³-hybridized carbons (Fsp3) is 0. The van der Waals surface area contributed by atoms with Gasteiger partial charge >= 0.3 is 5.97 Å². The lowest BCUT2D eigenvalue weighted by atomic mass is 10.3. The molecule has 1 aromatic heterocycles. The Labute approximate surface area is 105 Å². The SMILES string of the molecule is O=C(O)c1ccc(Oc2ccc(I)cc2)o1. The molecule has 0 aliphatic rings. The highest BCUT2D eigenvalue weighted by atomic mass is 127. The maximum atomic E-state index is 10.6. The summed E-state index contributed by atoms with van der Waals surface area (Å²) in [5.74, 6) is -0.483. The Kier molecular flexibility index (Phi) is 3.14. The molecule has 4 nitrogen and oxygen atoms in total. The van der Waals surface area contributed by atoms with Gasteiger partial charge in [0.1, 0.15) is 5.75 Å². The maximum absolute atomic E-state index is 10.6. The number of carbonyl (C=O) groups is 1. The third-order valence-corrected chi connectivity index (χ3v) is 2.54. The predicted octanol–water partition coefficient (Wildman–Crippen LogP) is 3.37. The lowest BCUT2D eigenvalue weighted by Crippen LogP contribution is -1.91. The van der Waals surface area contributed by atoms with Crippen molar-refractivity contribution in [3.8, 4) is 11.7 Å². The normalized spacial score (nSPS) is 10.1. The smallest absolute Gasteiger partial charge is 0.371 e. The molecule has 1 N–H and O–H groups in total. The molecule has 0 amide bonds. The molecule has 1 aromatic carbocycles. The molecule has 2 aromatic rings. The van der Waals surface area contributed by atoms with Crippen molar-refractivity contribution >= 4 is 28.6 Å². The van der Waals surface area contributed by atoms with Gasteiger partial charge in [0.05, 0.1) is 0 Å². The van der Waals surface area contributed by atoms with E-state index in [1.165, 1.54) is 12.1 Å². The summed E-state index contributed by atoms with van der Waals surface area (Å²) in [4.78, 5) is 10.6. The molecule has 5 heteroatoms. The zero-order valence-electron chi connectivity index (χ0n) is 8.01. The zero-order valence-corrected chi connectivity index (χ0v) is 10.2. The maximum Gasteiger partial charge on any atom is 0.371 e. The number of carboxylic acid groups (broad SMARTS) is 1. The quantitative estimate of drug-likeness (QED) is 0.877. The summed E-state index contributed by atoms with van der Waals surface area (Å²) >= 11 is 2.18. The van der Waals surface area contributed by atoms with Crippen molar-refractivity contribution in [1.82, 2.24) is 0 Å². The summed E-state index contributed by atoms with van der Waals surface area (Å²) in [6, 6.07) is 10.2. The van der Waals surface area contributed by atoms with Gasteiger partial charge in [0, 0.05) is 9.64 Å². The third kappa shape index (κ3) is 2.54. The van der Waals surface area contributed by atoms with Gasteiger partial charge in [-0.2, -0.15) is 0 Å². The predicted molar refractivity (Wildman–Crippen MR) is 64.9 cm³/mol. The van der Waals surface area contributed by atoms with E-state index in [1.54, 1.807) is 12.1 Å². The second-order valence-electron chi connectivity index (χ2n) is 2.98. The van der Waals surface area contributed by atoms with Gasteiger partial charge in [0.25, 0.3) is 5.95 Å². The van der Waals surface area contributed by atoms with Crippen LogP contribution < -0.4 is 4.74 Å². The molecule has 0 aliphatic heterocycles. The number of aromatic carboxylic acids is 1. The third-order valence-electron chi connectivity index (χ3n) is 1.82. The van der Waals surface area contributed by atoms with Crippen molar-refractivity contribution in [3.63, 3.8) is 0 Å². The number of hydrogen-bond donors (Lipinski definition) is 1. The molecule has 0 bridgehead atoms. The van der Waals surface area contributed by atoms with Crippen molar-refractivity contribution < 1.29 is 19.1 Å². The Morgan fingerprint density at radius 2 is 1.88 bits per heavy atom. The van der Waals surface area contributed by atoms with E-state index in [4.69, 9.17) is 14.3 Å². The van der Waals surface area contributed by atoms with Crippen molar-refractivity contribution in [2.24, 2.45) is 0 Å². The number of hydrogen-bond acceptors (Lipinski definition) is 3. The number of rotatable bonds is 3.